The average Bonchev–Trinajstić information content (AvgIpc) is 2.93. The highest BCUT2D eigenvalue weighted by atomic mass is 19.1. The molecule has 6 heteroatoms. The first-order valence-corrected chi connectivity index (χ1v) is 6.95. The Morgan fingerprint density at radius 2 is 1.95 bits per heavy atom. The Hall–Kier alpha value is -1.98. The second-order valence-electron chi connectivity index (χ2n) is 5.19. The van der Waals surface area contributed by atoms with Crippen molar-refractivity contribution in [3.63, 3.8) is 0 Å². The Kier molecular flexibility index (Phi) is 5.25. The summed E-state index contributed by atoms with van der Waals surface area (Å²) in [5, 5.41) is 2.17. The molecule has 1 aliphatic carbocycles. The fourth-order valence-electron chi connectivity index (χ4n) is 2.43. The third-order valence-corrected chi connectivity index (χ3v) is 3.50. The molecule has 0 heterocycles. The predicted octanol–water partition coefficient (Wildman–Crippen LogP) is 3.03. The van der Waals surface area contributed by atoms with Gasteiger partial charge in [0.2, 0.25) is 0 Å². The van der Waals surface area contributed by atoms with Crippen LogP contribution in [0.5, 0.6) is 0 Å². The highest BCUT2D eigenvalue weighted by molar-refractivity contribution is 5.92. The van der Waals surface area contributed by atoms with Crippen molar-refractivity contribution >= 4 is 17.6 Å². The average molecular weight is 297 g/mol. The highest BCUT2D eigenvalue weighted by Gasteiger charge is 2.20. The quantitative estimate of drug-likeness (QED) is 0.850. The van der Waals surface area contributed by atoms with E-state index in [0.717, 1.165) is 43.9 Å². The number of benzene rings is 1. The number of rotatable bonds is 5. The zero-order chi connectivity index (χ0) is 15.2. The van der Waals surface area contributed by atoms with Crippen molar-refractivity contribution in [2.24, 2.45) is 5.92 Å². The Labute approximate surface area is 121 Å². The van der Waals surface area contributed by atoms with E-state index in [2.05, 4.69) is 5.32 Å². The predicted molar refractivity (Wildman–Crippen MR) is 72.5 cm³/mol. The van der Waals surface area contributed by atoms with Gasteiger partial charge >= 0.3 is 5.97 Å². The summed E-state index contributed by atoms with van der Waals surface area (Å²) < 4.78 is 31.1. The number of halogens is 2. The van der Waals surface area contributed by atoms with E-state index >= 15 is 0 Å². The molecular formula is C15H17F2NO3. The summed E-state index contributed by atoms with van der Waals surface area (Å²) in [6, 6.07) is 2.73. The van der Waals surface area contributed by atoms with Gasteiger partial charge in [0.15, 0.2) is 6.61 Å². The number of anilines is 1. The lowest BCUT2D eigenvalue weighted by atomic mass is 10.1. The zero-order valence-electron chi connectivity index (χ0n) is 11.5. The number of amides is 1. The molecule has 0 atom stereocenters. The van der Waals surface area contributed by atoms with Crippen molar-refractivity contribution < 1.29 is 23.1 Å². The molecule has 0 radical (unpaired) electrons. The number of nitrogens with one attached hydrogen (secondary N) is 1. The normalized spacial score (nSPS) is 15.0. The van der Waals surface area contributed by atoms with E-state index in [9.17, 15) is 18.4 Å². The maximum absolute atomic E-state index is 13.3. The molecule has 0 saturated heterocycles. The van der Waals surface area contributed by atoms with Crippen LogP contribution in [-0.2, 0) is 14.3 Å². The summed E-state index contributed by atoms with van der Waals surface area (Å²) in [6.45, 7) is -0.499. The van der Waals surface area contributed by atoms with Crippen molar-refractivity contribution in [3.05, 3.63) is 29.8 Å². The minimum atomic E-state index is -0.748. The van der Waals surface area contributed by atoms with Gasteiger partial charge in [-0.2, -0.15) is 0 Å². The number of carbonyl (C=O) groups is 2. The van der Waals surface area contributed by atoms with Gasteiger partial charge < -0.3 is 10.1 Å². The van der Waals surface area contributed by atoms with Crippen LogP contribution in [0.25, 0.3) is 0 Å². The summed E-state index contributed by atoms with van der Waals surface area (Å²) in [6.07, 6.45) is 4.57. The Balaban J connectivity index is 1.76. The molecule has 1 N–H and O–H groups in total. The number of esters is 1. The van der Waals surface area contributed by atoms with Crippen LogP contribution in [-0.4, -0.2) is 18.5 Å². The summed E-state index contributed by atoms with van der Waals surface area (Å²) >= 11 is 0. The van der Waals surface area contributed by atoms with Crippen LogP contribution < -0.4 is 5.32 Å². The summed E-state index contributed by atoms with van der Waals surface area (Å²) in [5.74, 6) is -2.20. The van der Waals surface area contributed by atoms with Crippen molar-refractivity contribution in [2.75, 3.05) is 11.9 Å². The summed E-state index contributed by atoms with van der Waals surface area (Å²) in [4.78, 5) is 23.1. The smallest absolute Gasteiger partial charge is 0.306 e. The molecule has 0 aliphatic heterocycles. The molecular weight excluding hydrogens is 280 g/mol. The van der Waals surface area contributed by atoms with Crippen LogP contribution in [0.4, 0.5) is 14.5 Å². The first kappa shape index (κ1) is 15.4. The Morgan fingerprint density at radius 1 is 1.24 bits per heavy atom. The Bertz CT molecular complexity index is 528. The molecule has 1 aromatic rings. The van der Waals surface area contributed by atoms with E-state index in [4.69, 9.17) is 4.74 Å². The van der Waals surface area contributed by atoms with Crippen LogP contribution >= 0.6 is 0 Å². The van der Waals surface area contributed by atoms with Gasteiger partial charge in [-0.1, -0.05) is 12.8 Å². The topological polar surface area (TPSA) is 55.4 Å². The van der Waals surface area contributed by atoms with E-state index in [1.165, 1.54) is 0 Å². The summed E-state index contributed by atoms with van der Waals surface area (Å²) in [5.41, 5.74) is -0.271. The van der Waals surface area contributed by atoms with Crippen LogP contribution in [0, 0.1) is 17.6 Å². The molecule has 0 aromatic heterocycles. The number of ether oxygens (including phenoxy) is 1. The lowest BCUT2D eigenvalue weighted by molar-refractivity contribution is -0.148. The zero-order valence-corrected chi connectivity index (χ0v) is 11.5. The maximum Gasteiger partial charge on any atom is 0.306 e. The third kappa shape index (κ3) is 4.81. The van der Waals surface area contributed by atoms with Gasteiger partial charge in [-0.05, 0) is 30.9 Å². The lowest BCUT2D eigenvalue weighted by Gasteiger charge is -2.10. The fourth-order valence-corrected chi connectivity index (χ4v) is 2.43. The standard InChI is InChI=1S/C15H17F2NO3/c16-11-5-6-12(17)13(8-11)18-14(19)9-21-15(20)7-10-3-1-2-4-10/h5-6,8,10H,1-4,7,9H2,(H,18,19). The van der Waals surface area contributed by atoms with E-state index in [1.807, 2.05) is 0 Å². The SMILES string of the molecule is O=C(COC(=O)CC1CCCC1)Nc1cc(F)ccc1F. The number of carbonyl (C=O) groups excluding carboxylic acids is 2. The van der Waals surface area contributed by atoms with Crippen molar-refractivity contribution in [2.45, 2.75) is 32.1 Å². The van der Waals surface area contributed by atoms with Crippen LogP contribution in [0.2, 0.25) is 0 Å². The highest BCUT2D eigenvalue weighted by Crippen LogP contribution is 2.27. The van der Waals surface area contributed by atoms with Gasteiger partial charge in [0.05, 0.1) is 5.69 Å². The molecule has 2 rings (SSSR count). The molecule has 1 aliphatic rings. The molecule has 4 nitrogen and oxygen atoms in total. The molecule has 0 spiro atoms. The number of hydrogen-bond acceptors (Lipinski definition) is 3. The van der Waals surface area contributed by atoms with E-state index in [1.54, 1.807) is 0 Å². The van der Waals surface area contributed by atoms with Crippen molar-refractivity contribution in [1.82, 2.24) is 0 Å². The monoisotopic (exact) mass is 297 g/mol. The molecule has 1 aromatic carbocycles. The molecule has 0 unspecified atom stereocenters. The van der Waals surface area contributed by atoms with Crippen molar-refractivity contribution in [3.8, 4) is 0 Å². The van der Waals surface area contributed by atoms with Crippen LogP contribution in [0.3, 0.4) is 0 Å². The largest absolute Gasteiger partial charge is 0.456 e. The van der Waals surface area contributed by atoms with Gasteiger partial charge in [0.1, 0.15) is 11.6 Å². The molecule has 21 heavy (non-hydrogen) atoms. The third-order valence-electron chi connectivity index (χ3n) is 3.50. The van der Waals surface area contributed by atoms with E-state index in [0.29, 0.717) is 12.3 Å². The lowest BCUT2D eigenvalue weighted by Crippen LogP contribution is -2.22. The fraction of sp³-hybridized carbons (Fsp3) is 0.467. The van der Waals surface area contributed by atoms with Gasteiger partial charge in [-0.25, -0.2) is 8.78 Å². The maximum atomic E-state index is 13.3. The molecule has 114 valence electrons. The van der Waals surface area contributed by atoms with Gasteiger partial charge in [-0.15, -0.1) is 0 Å². The Morgan fingerprint density at radius 3 is 2.67 bits per heavy atom. The number of hydrogen-bond donors (Lipinski definition) is 1. The van der Waals surface area contributed by atoms with Gasteiger partial charge in [0.25, 0.3) is 5.91 Å². The molecule has 0 bridgehead atoms. The van der Waals surface area contributed by atoms with Gasteiger partial charge in [-0.3, -0.25) is 9.59 Å². The van der Waals surface area contributed by atoms with Gasteiger partial charge in [0, 0.05) is 12.5 Å². The minimum absolute atomic E-state index is 0.271. The first-order chi connectivity index (χ1) is 10.0. The summed E-state index contributed by atoms with van der Waals surface area (Å²) in [7, 11) is 0. The van der Waals surface area contributed by atoms with Crippen LogP contribution in [0.1, 0.15) is 32.1 Å². The minimum Gasteiger partial charge on any atom is -0.456 e. The molecule has 1 fully saturated rings. The van der Waals surface area contributed by atoms with Crippen molar-refractivity contribution in [1.29, 1.82) is 0 Å². The second kappa shape index (κ2) is 7.15. The molecule has 1 saturated carbocycles. The first-order valence-electron chi connectivity index (χ1n) is 6.95. The van der Waals surface area contributed by atoms with E-state index in [-0.39, 0.29) is 5.69 Å². The van der Waals surface area contributed by atoms with E-state index < -0.39 is 30.1 Å². The molecule has 1 amide bonds. The second-order valence-corrected chi connectivity index (χ2v) is 5.19. The van der Waals surface area contributed by atoms with Crippen LogP contribution in [0.15, 0.2) is 18.2 Å².